The van der Waals surface area contributed by atoms with Crippen LogP contribution in [-0.2, 0) is 25.4 Å². The molecule has 0 bridgehead atoms. The molecule has 8 rings (SSSR count). The number of nitrogens with zero attached hydrogens (tertiary/aromatic N) is 1. The molecule has 2 heterocycles. The Hall–Kier alpha value is -1.69. The minimum Gasteiger partial charge on any atom is -0.390 e. The zero-order valence-electron chi connectivity index (χ0n) is 32.2. The van der Waals surface area contributed by atoms with E-state index in [1.165, 1.54) is 18.6 Å². The molecule has 0 aromatic heterocycles. The smallest absolute Gasteiger partial charge is 0.227 e. The highest BCUT2D eigenvalue weighted by molar-refractivity contribution is 5.78. The second kappa shape index (κ2) is 12.2. The van der Waals surface area contributed by atoms with Crippen molar-refractivity contribution in [3.8, 4) is 0 Å². The number of aliphatic hydroxyl groups is 3. The first-order valence-electron chi connectivity index (χ1n) is 20.0. The number of benzene rings is 1. The number of halogens is 2. The van der Waals surface area contributed by atoms with Crippen LogP contribution >= 0.6 is 0 Å². The Kier molecular flexibility index (Phi) is 8.70. The number of aliphatic hydroxyl groups excluding tert-OH is 2. The zero-order valence-corrected chi connectivity index (χ0v) is 32.2. The molecule has 2 saturated heterocycles. The first kappa shape index (κ1) is 37.2. The Morgan fingerprint density at radius 1 is 1.04 bits per heavy atom. The molecule has 3 N–H and O–H groups in total. The van der Waals surface area contributed by atoms with Crippen molar-refractivity contribution in [1.82, 2.24) is 4.90 Å². The van der Waals surface area contributed by atoms with Gasteiger partial charge < -0.3 is 34.4 Å². The number of carbonyl (C=O) groups is 1. The highest BCUT2D eigenvalue weighted by Gasteiger charge is 2.84. The van der Waals surface area contributed by atoms with Gasteiger partial charge in [-0.05, 0) is 128 Å². The summed E-state index contributed by atoms with van der Waals surface area (Å²) in [7, 11) is 0. The number of carbonyl (C=O) groups excluding carboxylic acids is 1. The summed E-state index contributed by atoms with van der Waals surface area (Å²) >= 11 is 0. The summed E-state index contributed by atoms with van der Waals surface area (Å²) < 4.78 is 47.1. The van der Waals surface area contributed by atoms with E-state index in [-0.39, 0.29) is 70.0 Å². The van der Waals surface area contributed by atoms with E-state index in [1.807, 2.05) is 0 Å². The summed E-state index contributed by atoms with van der Waals surface area (Å²) in [5, 5.41) is 34.2. The number of amides is 1. The van der Waals surface area contributed by atoms with Crippen LogP contribution in [-0.4, -0.2) is 88.2 Å². The van der Waals surface area contributed by atoms with Crippen LogP contribution in [0.25, 0.3) is 0 Å². The van der Waals surface area contributed by atoms with E-state index in [2.05, 4.69) is 34.6 Å². The molecule has 14 atom stereocenters. The first-order valence-corrected chi connectivity index (χ1v) is 20.0. The van der Waals surface area contributed by atoms with Gasteiger partial charge in [-0.2, -0.15) is 0 Å². The first-order chi connectivity index (χ1) is 24.3. The van der Waals surface area contributed by atoms with E-state index in [0.29, 0.717) is 37.0 Å². The summed E-state index contributed by atoms with van der Waals surface area (Å²) in [5.74, 6) is -0.282. The van der Waals surface area contributed by atoms with Crippen LogP contribution in [0.15, 0.2) is 18.2 Å². The lowest BCUT2D eigenvalue weighted by Crippen LogP contribution is -2.60. The number of morpholine rings is 1. The molecule has 5 aliphatic carbocycles. The number of ether oxygens (including phenoxy) is 3. The molecule has 1 amide bonds. The average molecular weight is 730 g/mol. The second-order valence-corrected chi connectivity index (χ2v) is 19.9. The molecule has 8 unspecified atom stereocenters. The summed E-state index contributed by atoms with van der Waals surface area (Å²) in [6, 6.07) is 3.22. The van der Waals surface area contributed by atoms with Gasteiger partial charge >= 0.3 is 0 Å². The van der Waals surface area contributed by atoms with Gasteiger partial charge in [-0.1, -0.05) is 34.6 Å². The number of hydrogen-bond acceptors (Lipinski definition) is 7. The quantitative estimate of drug-likeness (QED) is 0.329. The average Bonchev–Trinajstić information content (AvgIpc) is 3.69. The molecule has 5 saturated carbocycles. The maximum absolute atomic E-state index is 13.8. The van der Waals surface area contributed by atoms with Crippen molar-refractivity contribution in [1.29, 1.82) is 0 Å². The van der Waals surface area contributed by atoms with Crippen LogP contribution in [0.1, 0.15) is 105 Å². The molecule has 290 valence electrons. The van der Waals surface area contributed by atoms with Crippen molar-refractivity contribution in [2.75, 3.05) is 19.7 Å². The molecule has 1 aromatic rings. The van der Waals surface area contributed by atoms with Crippen LogP contribution in [0.4, 0.5) is 8.78 Å². The van der Waals surface area contributed by atoms with Gasteiger partial charge in [-0.25, -0.2) is 8.78 Å². The van der Waals surface area contributed by atoms with E-state index >= 15 is 0 Å². The Morgan fingerprint density at radius 2 is 1.71 bits per heavy atom. The molecular weight excluding hydrogens is 668 g/mol. The third-order valence-corrected chi connectivity index (χ3v) is 16.8. The van der Waals surface area contributed by atoms with E-state index < -0.39 is 41.8 Å². The topological polar surface area (TPSA) is 109 Å². The predicted molar refractivity (Wildman–Crippen MR) is 190 cm³/mol. The Balaban J connectivity index is 0.974. The predicted octanol–water partition coefficient (Wildman–Crippen LogP) is 6.02. The molecule has 7 aliphatic rings. The highest BCUT2D eigenvalue weighted by Crippen LogP contribution is 2.89. The van der Waals surface area contributed by atoms with Gasteiger partial charge in [0.05, 0.1) is 49.6 Å². The van der Waals surface area contributed by atoms with E-state index in [9.17, 15) is 28.9 Å². The van der Waals surface area contributed by atoms with Gasteiger partial charge in [0.2, 0.25) is 5.91 Å². The van der Waals surface area contributed by atoms with Crippen molar-refractivity contribution in [3.63, 3.8) is 0 Å². The fourth-order valence-electron chi connectivity index (χ4n) is 14.3. The standard InChI is InChI=1S/C42H61F2NO7/c1-23-16-27(35(47)38(4,5)49)51-34-33(23)39(6)12-13-42-22-41(42)11-10-30(37(2,3)28(41)8-9-29(42)40(39,7)36(34)48)52-32-21-45(14-15-50-32)31(46)19-24-17-25(43)20-26(44)18-24/h17-18,20,23,27-30,32-36,47-49H,8-16,19,21-22H2,1-7H3/t23-,27?,28+,29?,30?,32+,33+,34?,35?,36+,39?,40-,41?,42?/m1/s1. The van der Waals surface area contributed by atoms with Gasteiger partial charge in [0.15, 0.2) is 6.29 Å². The maximum Gasteiger partial charge on any atom is 0.227 e. The van der Waals surface area contributed by atoms with Crippen molar-refractivity contribution >= 4 is 5.91 Å². The third kappa shape index (κ3) is 5.19. The lowest BCUT2D eigenvalue weighted by Gasteiger charge is -2.64. The fraction of sp³-hybridized carbons (Fsp3) is 0.833. The van der Waals surface area contributed by atoms with E-state index in [4.69, 9.17) is 14.2 Å². The van der Waals surface area contributed by atoms with Gasteiger partial charge in [-0.3, -0.25) is 4.79 Å². The maximum atomic E-state index is 13.8. The minimum absolute atomic E-state index is 0.0348. The SMILES string of the molecule is C[C@@H]1CC(C(O)C(C)(C)O)OC2[C@H]1C1(C)CCC34CC35CCC(O[C@H]3CN(C(=O)Cc6cc(F)cc(F)c6)CCO3)C(C)(C)[C@@H]5CCC4[C@]1(C)[C@H]2O. The number of rotatable bonds is 6. The second-order valence-electron chi connectivity index (χ2n) is 19.9. The zero-order chi connectivity index (χ0) is 37.4. The summed E-state index contributed by atoms with van der Waals surface area (Å²) in [5.41, 5.74) is -1.12. The Labute approximate surface area is 308 Å². The normalized spacial score (nSPS) is 47.0. The molecule has 10 heteroatoms. The van der Waals surface area contributed by atoms with E-state index in [1.54, 1.807) is 18.7 Å². The lowest BCUT2D eigenvalue weighted by molar-refractivity contribution is -0.248. The molecule has 2 aliphatic heterocycles. The molecule has 1 aromatic carbocycles. The molecule has 52 heavy (non-hydrogen) atoms. The van der Waals surface area contributed by atoms with Crippen molar-refractivity contribution in [3.05, 3.63) is 35.4 Å². The monoisotopic (exact) mass is 729 g/mol. The summed E-state index contributed by atoms with van der Waals surface area (Å²) in [6.07, 6.45) is 5.00. The van der Waals surface area contributed by atoms with Gasteiger partial charge in [-0.15, -0.1) is 0 Å². The molecular formula is C42H61F2NO7. The summed E-state index contributed by atoms with van der Waals surface area (Å²) in [4.78, 5) is 14.9. The van der Waals surface area contributed by atoms with Crippen LogP contribution in [0.5, 0.6) is 0 Å². The molecule has 7 fully saturated rings. The Bertz CT molecular complexity index is 1560. The largest absolute Gasteiger partial charge is 0.390 e. The summed E-state index contributed by atoms with van der Waals surface area (Å²) in [6.45, 7) is 16.1. The van der Waals surface area contributed by atoms with Gasteiger partial charge in [0.1, 0.15) is 17.7 Å². The van der Waals surface area contributed by atoms with Crippen molar-refractivity contribution in [2.24, 2.45) is 50.7 Å². The van der Waals surface area contributed by atoms with Crippen LogP contribution < -0.4 is 0 Å². The minimum atomic E-state index is -1.29. The molecule has 0 radical (unpaired) electrons. The van der Waals surface area contributed by atoms with E-state index in [0.717, 1.165) is 44.6 Å². The van der Waals surface area contributed by atoms with Crippen LogP contribution in [0.3, 0.4) is 0 Å². The van der Waals surface area contributed by atoms with Gasteiger partial charge in [0.25, 0.3) is 0 Å². The fourth-order valence-corrected chi connectivity index (χ4v) is 14.3. The molecule has 2 spiro atoms. The van der Waals surface area contributed by atoms with Crippen molar-refractivity contribution < 1.29 is 43.1 Å². The third-order valence-electron chi connectivity index (χ3n) is 16.8. The Morgan fingerprint density at radius 3 is 2.40 bits per heavy atom. The van der Waals surface area contributed by atoms with Crippen molar-refractivity contribution in [2.45, 2.75) is 149 Å². The molecule has 8 nitrogen and oxygen atoms in total. The highest BCUT2D eigenvalue weighted by atomic mass is 19.1. The lowest BCUT2D eigenvalue weighted by atomic mass is 9.41. The van der Waals surface area contributed by atoms with Gasteiger partial charge in [0, 0.05) is 18.0 Å². The van der Waals surface area contributed by atoms with Crippen LogP contribution in [0.2, 0.25) is 0 Å². The number of hydrogen-bond donors (Lipinski definition) is 3. The van der Waals surface area contributed by atoms with Crippen LogP contribution in [0, 0.1) is 62.4 Å². The number of fused-ring (bicyclic) bond motifs is 4.